The van der Waals surface area contributed by atoms with Crippen LogP contribution >= 0.6 is 38.5 Å². The Morgan fingerprint density at radius 1 is 1.33 bits per heavy atom. The third kappa shape index (κ3) is 4.47. The fraction of sp³-hybridized carbons (Fsp3) is 0.150. The molecule has 0 atom stereocenters. The van der Waals surface area contributed by atoms with Gasteiger partial charge in [0.2, 0.25) is 0 Å². The molecule has 0 unspecified atom stereocenters. The van der Waals surface area contributed by atoms with Gasteiger partial charge in [-0.05, 0) is 64.6 Å². The molecule has 0 fully saturated rings. The van der Waals surface area contributed by atoms with E-state index in [-0.39, 0.29) is 5.56 Å². The van der Waals surface area contributed by atoms with Gasteiger partial charge in [-0.1, -0.05) is 35.5 Å². The maximum absolute atomic E-state index is 12.9. The highest BCUT2D eigenvalue weighted by atomic mass is 127. The molecule has 27 heavy (non-hydrogen) atoms. The zero-order chi connectivity index (χ0) is 19.4. The van der Waals surface area contributed by atoms with Gasteiger partial charge in [-0.15, -0.1) is 0 Å². The zero-order valence-electron chi connectivity index (χ0n) is 14.7. The molecule has 2 aromatic carbocycles. The van der Waals surface area contributed by atoms with Crippen LogP contribution in [0.5, 0.6) is 5.75 Å². The van der Waals surface area contributed by atoms with Crippen molar-refractivity contribution in [3.05, 3.63) is 78.8 Å². The van der Waals surface area contributed by atoms with Crippen molar-refractivity contribution < 1.29 is 4.74 Å². The Labute approximate surface area is 179 Å². The molecule has 0 N–H and O–H groups in total. The number of fused-ring (bicyclic) bond motifs is 1. The predicted molar refractivity (Wildman–Crippen MR) is 121 cm³/mol. The first-order valence-electron chi connectivity index (χ1n) is 8.32. The lowest BCUT2D eigenvalue weighted by Crippen LogP contribution is -2.22. The largest absolute Gasteiger partial charge is 0.488 e. The van der Waals surface area contributed by atoms with E-state index < -0.39 is 0 Å². The molecule has 0 radical (unpaired) electrons. The fourth-order valence-corrected chi connectivity index (χ4v) is 3.59. The monoisotopic (exact) mass is 537 g/mol. The summed E-state index contributed by atoms with van der Waals surface area (Å²) in [5, 5.41) is 4.93. The summed E-state index contributed by atoms with van der Waals surface area (Å²) in [4.78, 5) is 17.4. The molecule has 1 heterocycles. The lowest BCUT2D eigenvalue weighted by Gasteiger charge is -2.08. The first-order valence-corrected chi connectivity index (χ1v) is 10.2. The topological polar surface area (TPSA) is 56.5 Å². The van der Waals surface area contributed by atoms with Crippen LogP contribution in [0.25, 0.3) is 10.9 Å². The highest BCUT2D eigenvalue weighted by Crippen LogP contribution is 2.21. The van der Waals surface area contributed by atoms with Crippen LogP contribution in [0.3, 0.4) is 0 Å². The van der Waals surface area contributed by atoms with Crippen molar-refractivity contribution in [2.24, 2.45) is 5.10 Å². The normalized spacial score (nSPS) is 11.2. The second-order valence-corrected chi connectivity index (χ2v) is 7.77. The summed E-state index contributed by atoms with van der Waals surface area (Å²) < 4.78 is 8.74. The lowest BCUT2D eigenvalue weighted by molar-refractivity contribution is 0.360. The quantitative estimate of drug-likeness (QED) is 0.258. The van der Waals surface area contributed by atoms with Crippen LogP contribution in [-0.2, 0) is 6.42 Å². The van der Waals surface area contributed by atoms with Gasteiger partial charge in [0.25, 0.3) is 5.56 Å². The summed E-state index contributed by atoms with van der Waals surface area (Å²) in [6.45, 7) is 6.05. The first-order chi connectivity index (χ1) is 13.0. The van der Waals surface area contributed by atoms with Gasteiger partial charge in [0.1, 0.15) is 18.2 Å². The number of ether oxygens (including phenoxy) is 1. The molecule has 3 rings (SSSR count). The van der Waals surface area contributed by atoms with E-state index in [0.717, 1.165) is 19.4 Å². The highest BCUT2D eigenvalue weighted by molar-refractivity contribution is 14.1. The van der Waals surface area contributed by atoms with Gasteiger partial charge in [-0.2, -0.15) is 9.78 Å². The maximum atomic E-state index is 12.9. The molecule has 0 aliphatic carbocycles. The van der Waals surface area contributed by atoms with Gasteiger partial charge >= 0.3 is 0 Å². The van der Waals surface area contributed by atoms with Crippen LogP contribution in [0.15, 0.2) is 63.4 Å². The summed E-state index contributed by atoms with van der Waals surface area (Å²) in [6, 6.07) is 11.2. The van der Waals surface area contributed by atoms with E-state index in [1.807, 2.05) is 37.3 Å². The second kappa shape index (κ2) is 8.79. The van der Waals surface area contributed by atoms with E-state index in [1.165, 1.54) is 4.68 Å². The first kappa shape index (κ1) is 19.8. The van der Waals surface area contributed by atoms with Gasteiger partial charge in [-0.3, -0.25) is 4.79 Å². The van der Waals surface area contributed by atoms with Crippen LogP contribution < -0.4 is 10.3 Å². The Morgan fingerprint density at radius 2 is 2.15 bits per heavy atom. The van der Waals surface area contributed by atoms with Crippen LogP contribution in [0.1, 0.15) is 18.3 Å². The minimum atomic E-state index is -0.185. The molecule has 1 aromatic heterocycles. The zero-order valence-corrected chi connectivity index (χ0v) is 18.4. The average molecular weight is 538 g/mol. The smallest absolute Gasteiger partial charge is 0.282 e. The standard InChI is InChI=1S/C20H17BrIN3O2/c1-3-9-27-18-8-5-13(10-16(18)22)12-23-25-19(4-2)24-17-7-6-14(21)11-15(17)20(25)26/h3,5-8,10-12H,1,4,9H2,2H3. The number of benzene rings is 2. The van der Waals surface area contributed by atoms with Gasteiger partial charge in [0.15, 0.2) is 0 Å². The van der Waals surface area contributed by atoms with Crippen molar-refractivity contribution in [1.82, 2.24) is 9.66 Å². The second-order valence-electron chi connectivity index (χ2n) is 5.69. The van der Waals surface area contributed by atoms with Crippen molar-refractivity contribution in [1.29, 1.82) is 0 Å². The van der Waals surface area contributed by atoms with E-state index in [1.54, 1.807) is 18.4 Å². The summed E-state index contributed by atoms with van der Waals surface area (Å²) in [5.41, 5.74) is 1.36. The molecular formula is C20H17BrIN3O2. The van der Waals surface area contributed by atoms with E-state index in [4.69, 9.17) is 4.74 Å². The van der Waals surface area contributed by atoms with Gasteiger partial charge in [0.05, 0.1) is 20.7 Å². The number of halogens is 2. The Hall–Kier alpha value is -2.00. The summed E-state index contributed by atoms with van der Waals surface area (Å²) in [7, 11) is 0. The molecular weight excluding hydrogens is 521 g/mol. The minimum absolute atomic E-state index is 0.185. The summed E-state index contributed by atoms with van der Waals surface area (Å²) in [6.07, 6.45) is 3.96. The van der Waals surface area contributed by atoms with Crippen molar-refractivity contribution in [2.45, 2.75) is 13.3 Å². The number of rotatable bonds is 6. The lowest BCUT2D eigenvalue weighted by atomic mass is 10.2. The van der Waals surface area contributed by atoms with Crippen LogP contribution in [0.4, 0.5) is 0 Å². The summed E-state index contributed by atoms with van der Waals surface area (Å²) >= 11 is 5.61. The third-order valence-electron chi connectivity index (χ3n) is 3.83. The minimum Gasteiger partial charge on any atom is -0.488 e. The van der Waals surface area contributed by atoms with Gasteiger partial charge in [-0.25, -0.2) is 4.98 Å². The Morgan fingerprint density at radius 3 is 2.85 bits per heavy atom. The van der Waals surface area contributed by atoms with Gasteiger partial charge < -0.3 is 4.74 Å². The van der Waals surface area contributed by atoms with E-state index in [0.29, 0.717) is 29.8 Å². The maximum Gasteiger partial charge on any atom is 0.282 e. The molecule has 0 saturated carbocycles. The van der Waals surface area contributed by atoms with Crippen molar-refractivity contribution in [3.63, 3.8) is 0 Å². The van der Waals surface area contributed by atoms with Gasteiger partial charge in [0, 0.05) is 10.9 Å². The number of nitrogens with zero attached hydrogens (tertiary/aromatic N) is 3. The van der Waals surface area contributed by atoms with E-state index in [9.17, 15) is 4.79 Å². The number of aryl methyl sites for hydroxylation is 1. The molecule has 5 nitrogen and oxygen atoms in total. The van der Waals surface area contributed by atoms with Crippen molar-refractivity contribution in [2.75, 3.05) is 6.61 Å². The molecule has 0 aliphatic heterocycles. The Bertz CT molecular complexity index is 1090. The molecule has 0 spiro atoms. The van der Waals surface area contributed by atoms with Crippen molar-refractivity contribution in [3.8, 4) is 5.75 Å². The number of hydrogen-bond acceptors (Lipinski definition) is 4. The average Bonchev–Trinajstić information content (AvgIpc) is 2.66. The predicted octanol–water partition coefficient (Wildman–Crippen LogP) is 4.77. The van der Waals surface area contributed by atoms with Crippen LogP contribution in [-0.4, -0.2) is 22.5 Å². The number of hydrogen-bond donors (Lipinski definition) is 0. The van der Waals surface area contributed by atoms with Crippen LogP contribution in [0.2, 0.25) is 0 Å². The highest BCUT2D eigenvalue weighted by Gasteiger charge is 2.09. The summed E-state index contributed by atoms with van der Waals surface area (Å²) in [5.74, 6) is 1.41. The Kier molecular flexibility index (Phi) is 6.43. The fourth-order valence-electron chi connectivity index (χ4n) is 2.53. The molecule has 0 amide bonds. The molecule has 3 aromatic rings. The number of aromatic nitrogens is 2. The molecule has 138 valence electrons. The van der Waals surface area contributed by atoms with Crippen LogP contribution in [0, 0.1) is 3.57 Å². The SMILES string of the molecule is C=CCOc1ccc(C=Nn2c(CC)nc3ccc(Br)cc3c2=O)cc1I. The third-order valence-corrected chi connectivity index (χ3v) is 5.16. The molecule has 0 aliphatic rings. The van der Waals surface area contributed by atoms with E-state index in [2.05, 4.69) is 55.2 Å². The van der Waals surface area contributed by atoms with Crippen molar-refractivity contribution >= 4 is 55.6 Å². The molecule has 0 bridgehead atoms. The molecule has 7 heteroatoms. The Balaban J connectivity index is 2.00. The molecule has 0 saturated heterocycles. The van der Waals surface area contributed by atoms with E-state index >= 15 is 0 Å².